The first-order valence-corrected chi connectivity index (χ1v) is 5.96. The molecule has 0 saturated heterocycles. The lowest BCUT2D eigenvalue weighted by molar-refractivity contribution is 0.0997. The fourth-order valence-corrected chi connectivity index (χ4v) is 1.87. The van der Waals surface area contributed by atoms with E-state index in [2.05, 4.69) is 4.98 Å². The van der Waals surface area contributed by atoms with Gasteiger partial charge in [-0.15, -0.1) is 0 Å². The zero-order valence-corrected chi connectivity index (χ0v) is 11.1. The SMILES string of the molecule is COc1cc2nccc(OC(C)C)c2cc1C(N)=O. The molecule has 0 aliphatic heterocycles. The number of rotatable bonds is 4. The van der Waals surface area contributed by atoms with Crippen molar-refractivity contribution >= 4 is 16.8 Å². The normalized spacial score (nSPS) is 10.7. The number of nitrogens with zero attached hydrogens (tertiary/aromatic N) is 1. The third kappa shape index (κ3) is 2.59. The number of pyridine rings is 1. The van der Waals surface area contributed by atoms with Gasteiger partial charge in [-0.25, -0.2) is 0 Å². The summed E-state index contributed by atoms with van der Waals surface area (Å²) in [5.74, 6) is 0.539. The molecule has 5 nitrogen and oxygen atoms in total. The van der Waals surface area contributed by atoms with Crippen molar-refractivity contribution in [3.05, 3.63) is 30.0 Å². The number of amides is 1. The van der Waals surface area contributed by atoms with Gasteiger partial charge in [-0.2, -0.15) is 0 Å². The summed E-state index contributed by atoms with van der Waals surface area (Å²) in [6.07, 6.45) is 1.69. The predicted octanol–water partition coefficient (Wildman–Crippen LogP) is 2.13. The Morgan fingerprint density at radius 3 is 2.63 bits per heavy atom. The first-order chi connectivity index (χ1) is 9.02. The maximum Gasteiger partial charge on any atom is 0.252 e. The average molecular weight is 260 g/mol. The second-order valence-electron chi connectivity index (χ2n) is 4.41. The molecular formula is C14H16N2O3. The first-order valence-electron chi connectivity index (χ1n) is 5.96. The number of nitrogens with two attached hydrogens (primary N) is 1. The molecule has 0 unspecified atom stereocenters. The Bertz CT molecular complexity index is 623. The fourth-order valence-electron chi connectivity index (χ4n) is 1.87. The van der Waals surface area contributed by atoms with Crippen molar-refractivity contribution in [1.29, 1.82) is 0 Å². The Kier molecular flexibility index (Phi) is 3.55. The van der Waals surface area contributed by atoms with Gasteiger partial charge in [-0.3, -0.25) is 9.78 Å². The van der Waals surface area contributed by atoms with Gasteiger partial charge in [-0.05, 0) is 26.0 Å². The van der Waals surface area contributed by atoms with Crippen molar-refractivity contribution in [2.24, 2.45) is 5.73 Å². The molecule has 2 rings (SSSR count). The molecular weight excluding hydrogens is 244 g/mol. The highest BCUT2D eigenvalue weighted by atomic mass is 16.5. The monoisotopic (exact) mass is 260 g/mol. The average Bonchev–Trinajstić information content (AvgIpc) is 2.36. The van der Waals surface area contributed by atoms with E-state index in [4.69, 9.17) is 15.2 Å². The molecule has 1 amide bonds. The predicted molar refractivity (Wildman–Crippen MR) is 72.6 cm³/mol. The second-order valence-corrected chi connectivity index (χ2v) is 4.41. The van der Waals surface area contributed by atoms with E-state index in [0.29, 0.717) is 22.6 Å². The number of carbonyl (C=O) groups is 1. The minimum atomic E-state index is -0.543. The molecule has 1 aromatic carbocycles. The van der Waals surface area contributed by atoms with E-state index in [1.165, 1.54) is 7.11 Å². The molecule has 1 aromatic heterocycles. The van der Waals surface area contributed by atoms with E-state index in [1.54, 1.807) is 24.4 Å². The molecule has 0 saturated carbocycles. The van der Waals surface area contributed by atoms with Gasteiger partial charge in [0, 0.05) is 17.6 Å². The Morgan fingerprint density at radius 1 is 1.32 bits per heavy atom. The van der Waals surface area contributed by atoms with E-state index in [-0.39, 0.29) is 6.10 Å². The van der Waals surface area contributed by atoms with Crippen LogP contribution >= 0.6 is 0 Å². The molecule has 0 radical (unpaired) electrons. The summed E-state index contributed by atoms with van der Waals surface area (Å²) in [6.45, 7) is 3.87. The van der Waals surface area contributed by atoms with Crippen LogP contribution in [0, 0.1) is 0 Å². The summed E-state index contributed by atoms with van der Waals surface area (Å²) in [5, 5.41) is 0.741. The van der Waals surface area contributed by atoms with Gasteiger partial charge in [0.05, 0.1) is 24.3 Å². The van der Waals surface area contributed by atoms with Crippen LogP contribution in [0.1, 0.15) is 24.2 Å². The zero-order valence-electron chi connectivity index (χ0n) is 11.1. The minimum Gasteiger partial charge on any atom is -0.496 e. The first kappa shape index (κ1) is 13.1. The van der Waals surface area contributed by atoms with Crippen molar-refractivity contribution in [3.63, 3.8) is 0 Å². The van der Waals surface area contributed by atoms with Crippen LogP contribution in [0.15, 0.2) is 24.4 Å². The lowest BCUT2D eigenvalue weighted by Gasteiger charge is -2.13. The van der Waals surface area contributed by atoms with Crippen LogP contribution in [0.25, 0.3) is 10.9 Å². The second kappa shape index (κ2) is 5.14. The lowest BCUT2D eigenvalue weighted by Crippen LogP contribution is -2.13. The topological polar surface area (TPSA) is 74.4 Å². The number of hydrogen-bond donors (Lipinski definition) is 1. The number of hydrogen-bond acceptors (Lipinski definition) is 4. The zero-order chi connectivity index (χ0) is 14.0. The van der Waals surface area contributed by atoms with Gasteiger partial charge in [-0.1, -0.05) is 0 Å². The van der Waals surface area contributed by atoms with Gasteiger partial charge >= 0.3 is 0 Å². The van der Waals surface area contributed by atoms with Crippen LogP contribution in [0.5, 0.6) is 11.5 Å². The van der Waals surface area contributed by atoms with Crippen LogP contribution in [0.2, 0.25) is 0 Å². The van der Waals surface area contributed by atoms with Crippen LogP contribution < -0.4 is 15.2 Å². The van der Waals surface area contributed by atoms with E-state index >= 15 is 0 Å². The van der Waals surface area contributed by atoms with Gasteiger partial charge in [0.15, 0.2) is 0 Å². The summed E-state index contributed by atoms with van der Waals surface area (Å²) >= 11 is 0. The van der Waals surface area contributed by atoms with Gasteiger partial charge in [0.25, 0.3) is 5.91 Å². The van der Waals surface area contributed by atoms with E-state index < -0.39 is 5.91 Å². The van der Waals surface area contributed by atoms with Crippen molar-refractivity contribution in [2.45, 2.75) is 20.0 Å². The molecule has 0 fully saturated rings. The van der Waals surface area contributed by atoms with Gasteiger partial charge < -0.3 is 15.2 Å². The highest BCUT2D eigenvalue weighted by Crippen LogP contribution is 2.30. The fraction of sp³-hybridized carbons (Fsp3) is 0.286. The number of primary amides is 1. The van der Waals surface area contributed by atoms with Crippen LogP contribution in [0.4, 0.5) is 0 Å². The van der Waals surface area contributed by atoms with Crippen LogP contribution in [0.3, 0.4) is 0 Å². The lowest BCUT2D eigenvalue weighted by atomic mass is 10.1. The number of benzene rings is 1. The standard InChI is InChI=1S/C14H16N2O3/c1-8(2)19-12-4-5-16-11-7-13(18-3)10(14(15)17)6-9(11)12/h4-8H,1-3H3,(H2,15,17). The molecule has 100 valence electrons. The van der Waals surface area contributed by atoms with E-state index in [9.17, 15) is 4.79 Å². The molecule has 0 aliphatic rings. The summed E-state index contributed by atoms with van der Waals surface area (Å²) < 4.78 is 10.9. The third-order valence-corrected chi connectivity index (χ3v) is 2.65. The quantitative estimate of drug-likeness (QED) is 0.913. The molecule has 2 aromatic rings. The van der Waals surface area contributed by atoms with E-state index in [0.717, 1.165) is 5.39 Å². The summed E-state index contributed by atoms with van der Waals surface area (Å²) in [6, 6.07) is 5.10. The highest BCUT2D eigenvalue weighted by molar-refractivity contribution is 6.01. The molecule has 0 bridgehead atoms. The highest BCUT2D eigenvalue weighted by Gasteiger charge is 2.14. The Balaban J connectivity index is 2.68. The van der Waals surface area contributed by atoms with Crippen molar-refractivity contribution in [3.8, 4) is 11.5 Å². The number of fused-ring (bicyclic) bond motifs is 1. The molecule has 0 aliphatic carbocycles. The maximum atomic E-state index is 11.4. The number of methoxy groups -OCH3 is 1. The summed E-state index contributed by atoms with van der Waals surface area (Å²) in [7, 11) is 1.49. The molecule has 19 heavy (non-hydrogen) atoms. The number of ether oxygens (including phenoxy) is 2. The van der Waals surface area contributed by atoms with Gasteiger partial charge in [0.1, 0.15) is 11.5 Å². The van der Waals surface area contributed by atoms with Gasteiger partial charge in [0.2, 0.25) is 0 Å². The minimum absolute atomic E-state index is 0.0322. The smallest absolute Gasteiger partial charge is 0.252 e. The van der Waals surface area contributed by atoms with Crippen LogP contribution in [-0.2, 0) is 0 Å². The summed E-state index contributed by atoms with van der Waals surface area (Å²) in [5.41, 5.74) is 6.36. The maximum absolute atomic E-state index is 11.4. The van der Waals surface area contributed by atoms with Crippen LogP contribution in [-0.4, -0.2) is 24.1 Å². The Hall–Kier alpha value is -2.30. The molecule has 0 spiro atoms. The Morgan fingerprint density at radius 2 is 2.05 bits per heavy atom. The van der Waals surface area contributed by atoms with Crippen molar-refractivity contribution in [1.82, 2.24) is 4.98 Å². The van der Waals surface area contributed by atoms with Crippen molar-refractivity contribution < 1.29 is 14.3 Å². The largest absolute Gasteiger partial charge is 0.496 e. The Labute approximate surface area is 111 Å². The molecule has 1 heterocycles. The molecule has 0 atom stereocenters. The summed E-state index contributed by atoms with van der Waals surface area (Å²) in [4.78, 5) is 15.7. The van der Waals surface area contributed by atoms with E-state index in [1.807, 2.05) is 13.8 Å². The third-order valence-electron chi connectivity index (χ3n) is 2.65. The van der Waals surface area contributed by atoms with Crippen molar-refractivity contribution in [2.75, 3.05) is 7.11 Å². The molecule has 2 N–H and O–H groups in total. The number of carbonyl (C=O) groups excluding carboxylic acids is 1. The number of aromatic nitrogens is 1. The molecule has 5 heteroatoms.